The number of halogens is 1. The Balaban J connectivity index is 1.80. The van der Waals surface area contributed by atoms with Crippen LogP contribution in [0.3, 0.4) is 0 Å². The van der Waals surface area contributed by atoms with E-state index in [-0.39, 0.29) is 11.3 Å². The third-order valence-corrected chi connectivity index (χ3v) is 6.92. The number of benzene rings is 3. The quantitative estimate of drug-likeness (QED) is 0.398. The molecule has 5 heteroatoms. The molecule has 1 aliphatic carbocycles. The second-order valence-corrected chi connectivity index (χ2v) is 8.52. The van der Waals surface area contributed by atoms with Gasteiger partial charge in [0.15, 0.2) is 0 Å². The largest absolute Gasteiger partial charge is 0.341 e. The molecule has 0 fully saturated rings. The van der Waals surface area contributed by atoms with Gasteiger partial charge in [0.2, 0.25) is 5.69 Å². The Hall–Kier alpha value is -3.18. The number of anilines is 2. The van der Waals surface area contributed by atoms with E-state index in [0.29, 0.717) is 16.3 Å². The number of nitriles is 1. The Bertz CT molecular complexity index is 1250. The summed E-state index contributed by atoms with van der Waals surface area (Å²) in [7, 11) is 0. The van der Waals surface area contributed by atoms with Crippen LogP contribution < -0.4 is 4.90 Å². The van der Waals surface area contributed by atoms with Gasteiger partial charge in [0, 0.05) is 10.6 Å². The Labute approximate surface area is 178 Å². The van der Waals surface area contributed by atoms with E-state index in [1.807, 2.05) is 30.0 Å². The highest BCUT2D eigenvalue weighted by molar-refractivity contribution is 8.00. The maximum Gasteiger partial charge on any atom is 0.211 e. The summed E-state index contributed by atoms with van der Waals surface area (Å²) in [6, 6.07) is 22.1. The predicted molar refractivity (Wildman–Crippen MR) is 119 cm³/mol. The van der Waals surface area contributed by atoms with E-state index in [2.05, 4.69) is 58.3 Å². The first kappa shape index (κ1) is 17.9. The highest BCUT2D eigenvalue weighted by Gasteiger charge is 2.39. The molecule has 2 atom stereocenters. The molecule has 0 bridgehead atoms. The van der Waals surface area contributed by atoms with Crippen molar-refractivity contribution in [3.63, 3.8) is 0 Å². The first-order chi connectivity index (χ1) is 14.2. The molecule has 0 spiro atoms. The maximum atomic E-state index is 9.35. The zero-order valence-electron chi connectivity index (χ0n) is 15.2. The van der Waals surface area contributed by atoms with Gasteiger partial charge in [-0.25, -0.2) is 4.85 Å². The van der Waals surface area contributed by atoms with Gasteiger partial charge < -0.3 is 4.90 Å². The summed E-state index contributed by atoms with van der Waals surface area (Å²) in [6.45, 7) is 7.73. The van der Waals surface area contributed by atoms with Crippen molar-refractivity contribution >= 4 is 46.5 Å². The van der Waals surface area contributed by atoms with Crippen LogP contribution in [0.25, 0.3) is 10.9 Å². The summed E-state index contributed by atoms with van der Waals surface area (Å²) in [5.74, 6) is 0. The fourth-order valence-electron chi connectivity index (χ4n) is 4.05. The van der Waals surface area contributed by atoms with E-state index in [1.165, 1.54) is 11.1 Å². The van der Waals surface area contributed by atoms with Crippen LogP contribution >= 0.6 is 23.4 Å². The molecule has 0 radical (unpaired) electrons. The monoisotopic (exact) mass is 411 g/mol. The van der Waals surface area contributed by atoms with E-state index < -0.39 is 0 Å². The fourth-order valence-corrected chi connectivity index (χ4v) is 5.55. The fraction of sp³-hybridized carbons (Fsp3) is 0.0833. The zero-order valence-corrected chi connectivity index (χ0v) is 16.8. The van der Waals surface area contributed by atoms with Gasteiger partial charge in [-0.15, -0.1) is 11.8 Å². The van der Waals surface area contributed by atoms with Crippen molar-refractivity contribution in [3.8, 4) is 6.07 Å². The molecule has 138 valence electrons. The van der Waals surface area contributed by atoms with Gasteiger partial charge in [-0.1, -0.05) is 60.2 Å². The van der Waals surface area contributed by atoms with Crippen LogP contribution in [0.1, 0.15) is 22.7 Å². The number of hydrogen-bond donors (Lipinski definition) is 0. The van der Waals surface area contributed by atoms with E-state index >= 15 is 0 Å². The molecule has 0 saturated heterocycles. The Kier molecular flexibility index (Phi) is 4.32. The number of nitrogens with zero attached hydrogens (tertiary/aromatic N) is 3. The topological polar surface area (TPSA) is 31.4 Å². The molecular formula is C24H14ClN3S. The molecule has 29 heavy (non-hydrogen) atoms. The lowest BCUT2D eigenvalue weighted by molar-refractivity contribution is 0.700. The lowest BCUT2D eigenvalue weighted by Crippen LogP contribution is -2.36. The highest BCUT2D eigenvalue weighted by atomic mass is 35.5. The molecule has 2 unspecified atom stereocenters. The molecule has 3 aromatic rings. The minimum atomic E-state index is 0.0283. The van der Waals surface area contributed by atoms with E-state index in [9.17, 15) is 5.26 Å². The van der Waals surface area contributed by atoms with Gasteiger partial charge in [-0.05, 0) is 35.4 Å². The predicted octanol–water partition coefficient (Wildman–Crippen LogP) is 7.14. The molecule has 5 rings (SSSR count). The molecule has 1 aliphatic heterocycles. The molecule has 0 aromatic heterocycles. The lowest BCUT2D eigenvalue weighted by Gasteiger charge is -2.45. The molecule has 3 nitrogen and oxygen atoms in total. The minimum Gasteiger partial charge on any atom is -0.341 e. The van der Waals surface area contributed by atoms with Crippen molar-refractivity contribution in [2.45, 2.75) is 16.2 Å². The number of para-hydroxylation sites is 1. The molecule has 2 aliphatic rings. The second-order valence-electron chi connectivity index (χ2n) is 6.90. The summed E-state index contributed by atoms with van der Waals surface area (Å²) in [5.41, 5.74) is 4.94. The SMILES string of the molecule is [C-]#[N+]c1cc(C#N)c(Cl)cc1N1c2ccccc2SC2C=Cc3ccccc3C21. The first-order valence-electron chi connectivity index (χ1n) is 9.14. The summed E-state index contributed by atoms with van der Waals surface area (Å²) < 4.78 is 0. The van der Waals surface area contributed by atoms with Gasteiger partial charge in [0.25, 0.3) is 0 Å². The standard InChI is InChI=1S/C24H14ClN3S/c1-27-19-12-16(14-26)18(25)13-21(19)28-20-8-4-5-9-22(20)29-23-11-10-15-6-2-3-7-17(15)24(23)28/h2-13,23-24H. The summed E-state index contributed by atoms with van der Waals surface area (Å²) >= 11 is 8.25. The third-order valence-electron chi connectivity index (χ3n) is 5.32. The molecule has 0 N–H and O–H groups in total. The van der Waals surface area contributed by atoms with Gasteiger partial charge in [-0.3, -0.25) is 0 Å². The number of rotatable bonds is 1. The van der Waals surface area contributed by atoms with Crippen LogP contribution in [0.2, 0.25) is 5.02 Å². The van der Waals surface area contributed by atoms with Gasteiger partial charge in [0.05, 0.1) is 40.2 Å². The van der Waals surface area contributed by atoms with Crippen LogP contribution in [0.15, 0.2) is 71.6 Å². The smallest absolute Gasteiger partial charge is 0.211 e. The average Bonchev–Trinajstić information content (AvgIpc) is 2.77. The number of thioether (sulfide) groups is 1. The average molecular weight is 412 g/mol. The summed E-state index contributed by atoms with van der Waals surface area (Å²) in [5, 5.41) is 9.92. The van der Waals surface area contributed by atoms with Crippen LogP contribution in [0, 0.1) is 17.9 Å². The summed E-state index contributed by atoms with van der Waals surface area (Å²) in [4.78, 5) is 7.12. The Morgan fingerprint density at radius 3 is 2.69 bits per heavy atom. The maximum absolute atomic E-state index is 9.35. The minimum absolute atomic E-state index is 0.0283. The number of fused-ring (bicyclic) bond motifs is 4. The highest BCUT2D eigenvalue weighted by Crippen LogP contribution is 2.55. The van der Waals surface area contributed by atoms with Crippen molar-refractivity contribution in [1.82, 2.24) is 0 Å². The Morgan fingerprint density at radius 2 is 1.86 bits per heavy atom. The van der Waals surface area contributed by atoms with E-state index in [0.717, 1.165) is 16.3 Å². The van der Waals surface area contributed by atoms with Crippen LogP contribution in [-0.2, 0) is 0 Å². The molecule has 0 saturated carbocycles. The molecule has 1 heterocycles. The van der Waals surface area contributed by atoms with Crippen LogP contribution in [-0.4, -0.2) is 5.25 Å². The van der Waals surface area contributed by atoms with Crippen molar-refractivity contribution in [2.75, 3.05) is 4.90 Å². The van der Waals surface area contributed by atoms with Crippen molar-refractivity contribution in [1.29, 1.82) is 5.26 Å². The van der Waals surface area contributed by atoms with Crippen molar-refractivity contribution in [2.24, 2.45) is 0 Å². The van der Waals surface area contributed by atoms with Gasteiger partial charge >= 0.3 is 0 Å². The molecule has 3 aromatic carbocycles. The van der Waals surface area contributed by atoms with Gasteiger partial charge in [-0.2, -0.15) is 5.26 Å². The zero-order chi connectivity index (χ0) is 20.0. The summed E-state index contributed by atoms with van der Waals surface area (Å²) in [6.07, 6.45) is 4.42. The number of hydrogen-bond acceptors (Lipinski definition) is 3. The molecule has 0 amide bonds. The first-order valence-corrected chi connectivity index (χ1v) is 10.4. The van der Waals surface area contributed by atoms with Crippen molar-refractivity contribution in [3.05, 3.63) is 99.9 Å². The third kappa shape index (κ3) is 2.81. The Morgan fingerprint density at radius 1 is 1.07 bits per heavy atom. The van der Waals surface area contributed by atoms with Crippen molar-refractivity contribution < 1.29 is 0 Å². The van der Waals surface area contributed by atoms with Crippen LogP contribution in [0.4, 0.5) is 17.1 Å². The second kappa shape index (κ2) is 7.01. The van der Waals surface area contributed by atoms with Crippen LogP contribution in [0.5, 0.6) is 0 Å². The van der Waals surface area contributed by atoms with E-state index in [1.54, 1.807) is 12.1 Å². The van der Waals surface area contributed by atoms with Gasteiger partial charge in [0.1, 0.15) is 0 Å². The lowest BCUT2D eigenvalue weighted by atomic mass is 9.90. The normalized spacial score (nSPS) is 18.8. The van der Waals surface area contributed by atoms with E-state index in [4.69, 9.17) is 18.2 Å². The molecular weight excluding hydrogens is 398 g/mol.